The monoisotopic (exact) mass is 245 g/mol. The van der Waals surface area contributed by atoms with Crippen LogP contribution in [-0.4, -0.2) is 36.7 Å². The van der Waals surface area contributed by atoms with Crippen LogP contribution in [0.15, 0.2) is 0 Å². The summed E-state index contributed by atoms with van der Waals surface area (Å²) in [6.07, 6.45) is 4.76. The molecular formula is C12H23NO4. The molecule has 0 rings (SSSR count). The van der Waals surface area contributed by atoms with Crippen LogP contribution in [0.2, 0.25) is 0 Å². The minimum atomic E-state index is -1.01. The van der Waals surface area contributed by atoms with Gasteiger partial charge in [-0.3, -0.25) is 4.79 Å². The summed E-state index contributed by atoms with van der Waals surface area (Å²) in [5, 5.41) is 11.4. The summed E-state index contributed by atoms with van der Waals surface area (Å²) in [4.78, 5) is 22.3. The quantitative estimate of drug-likeness (QED) is 0.573. The number of carboxylic acid groups (broad SMARTS) is 1. The highest BCUT2D eigenvalue weighted by molar-refractivity contribution is 5.83. The Morgan fingerprint density at radius 2 is 2.00 bits per heavy atom. The number of ether oxygens (including phenoxy) is 1. The van der Waals surface area contributed by atoms with E-state index in [1.54, 1.807) is 0 Å². The number of amides is 1. The van der Waals surface area contributed by atoms with Gasteiger partial charge in [-0.1, -0.05) is 26.2 Å². The van der Waals surface area contributed by atoms with E-state index in [9.17, 15) is 9.59 Å². The number of unbranched alkanes of at least 4 members (excludes halogenated alkanes) is 3. The lowest BCUT2D eigenvalue weighted by Gasteiger charge is -2.13. The van der Waals surface area contributed by atoms with E-state index >= 15 is 0 Å². The van der Waals surface area contributed by atoms with E-state index < -0.39 is 12.0 Å². The maximum atomic E-state index is 11.5. The molecule has 0 aromatic heterocycles. The van der Waals surface area contributed by atoms with Gasteiger partial charge in [0, 0.05) is 26.6 Å². The molecule has 0 aromatic rings. The zero-order valence-corrected chi connectivity index (χ0v) is 10.7. The molecule has 17 heavy (non-hydrogen) atoms. The van der Waals surface area contributed by atoms with Gasteiger partial charge >= 0.3 is 5.97 Å². The van der Waals surface area contributed by atoms with Crippen LogP contribution in [0.4, 0.5) is 0 Å². The van der Waals surface area contributed by atoms with Crippen LogP contribution in [0.5, 0.6) is 0 Å². The van der Waals surface area contributed by atoms with Gasteiger partial charge in [0.1, 0.15) is 6.04 Å². The summed E-state index contributed by atoms with van der Waals surface area (Å²) in [5.41, 5.74) is 0. The first-order valence-corrected chi connectivity index (χ1v) is 6.13. The standard InChI is InChI=1S/C12H23NO4/c1-3-4-5-6-7-11(14)13-10(12(15)16)8-9-17-2/h10H,3-9H2,1-2H3,(H,13,14)(H,15,16). The van der Waals surface area contributed by atoms with Crippen molar-refractivity contribution in [2.75, 3.05) is 13.7 Å². The third-order valence-corrected chi connectivity index (χ3v) is 2.50. The van der Waals surface area contributed by atoms with Crippen molar-refractivity contribution in [1.29, 1.82) is 0 Å². The SMILES string of the molecule is CCCCCCC(=O)NC(CCOC)C(=O)O. The summed E-state index contributed by atoms with van der Waals surface area (Å²) in [6.45, 7) is 2.43. The van der Waals surface area contributed by atoms with Crippen molar-refractivity contribution in [2.24, 2.45) is 0 Å². The first-order valence-electron chi connectivity index (χ1n) is 6.13. The van der Waals surface area contributed by atoms with E-state index in [1.165, 1.54) is 7.11 Å². The average molecular weight is 245 g/mol. The Hall–Kier alpha value is -1.10. The molecule has 0 saturated heterocycles. The molecule has 0 aliphatic carbocycles. The van der Waals surface area contributed by atoms with Crippen LogP contribution in [0, 0.1) is 0 Å². The van der Waals surface area contributed by atoms with Crippen molar-refractivity contribution in [3.05, 3.63) is 0 Å². The van der Waals surface area contributed by atoms with Crippen molar-refractivity contribution in [3.63, 3.8) is 0 Å². The third-order valence-electron chi connectivity index (χ3n) is 2.50. The van der Waals surface area contributed by atoms with Gasteiger partial charge in [0.2, 0.25) is 5.91 Å². The number of carboxylic acids is 1. The van der Waals surface area contributed by atoms with Crippen LogP contribution in [0.3, 0.4) is 0 Å². The van der Waals surface area contributed by atoms with Gasteiger partial charge in [-0.2, -0.15) is 0 Å². The van der Waals surface area contributed by atoms with Crippen LogP contribution in [0.1, 0.15) is 45.4 Å². The molecule has 0 aliphatic rings. The lowest BCUT2D eigenvalue weighted by Crippen LogP contribution is -2.41. The Kier molecular flexibility index (Phi) is 9.43. The predicted octanol–water partition coefficient (Wildman–Crippen LogP) is 1.56. The molecule has 1 atom stereocenters. The first kappa shape index (κ1) is 15.9. The van der Waals surface area contributed by atoms with Crippen molar-refractivity contribution >= 4 is 11.9 Å². The molecule has 2 N–H and O–H groups in total. The molecule has 0 aromatic carbocycles. The van der Waals surface area contributed by atoms with Gasteiger partial charge in [0.25, 0.3) is 0 Å². The summed E-state index contributed by atoms with van der Waals surface area (Å²) in [5.74, 6) is -1.20. The van der Waals surface area contributed by atoms with Crippen molar-refractivity contribution < 1.29 is 19.4 Å². The predicted molar refractivity (Wildman–Crippen MR) is 64.8 cm³/mol. The zero-order chi connectivity index (χ0) is 13.1. The van der Waals surface area contributed by atoms with Gasteiger partial charge in [-0.25, -0.2) is 4.79 Å². The molecule has 0 aliphatic heterocycles. The van der Waals surface area contributed by atoms with E-state index in [0.29, 0.717) is 19.4 Å². The third kappa shape index (κ3) is 8.68. The lowest BCUT2D eigenvalue weighted by molar-refractivity contribution is -0.142. The summed E-state index contributed by atoms with van der Waals surface area (Å²) < 4.78 is 4.80. The molecular weight excluding hydrogens is 222 g/mol. The van der Waals surface area contributed by atoms with Crippen LogP contribution < -0.4 is 5.32 Å². The molecule has 0 saturated carbocycles. The Labute approximate surface area is 103 Å². The topological polar surface area (TPSA) is 75.6 Å². The molecule has 0 spiro atoms. The molecule has 0 fully saturated rings. The summed E-state index contributed by atoms with van der Waals surface area (Å²) in [6, 6.07) is -0.839. The molecule has 0 bridgehead atoms. The smallest absolute Gasteiger partial charge is 0.326 e. The van der Waals surface area contributed by atoms with E-state index in [1.807, 2.05) is 0 Å². The van der Waals surface area contributed by atoms with Gasteiger partial charge in [-0.05, 0) is 6.42 Å². The first-order chi connectivity index (χ1) is 8.11. The van der Waals surface area contributed by atoms with Crippen LogP contribution >= 0.6 is 0 Å². The number of carbonyl (C=O) groups is 2. The maximum Gasteiger partial charge on any atom is 0.326 e. The molecule has 100 valence electrons. The number of carbonyl (C=O) groups excluding carboxylic acids is 1. The summed E-state index contributed by atoms with van der Waals surface area (Å²) >= 11 is 0. The van der Waals surface area contributed by atoms with Crippen LogP contribution in [0.25, 0.3) is 0 Å². The van der Waals surface area contributed by atoms with Gasteiger partial charge < -0.3 is 15.2 Å². The van der Waals surface area contributed by atoms with E-state index in [2.05, 4.69) is 12.2 Å². The molecule has 5 nitrogen and oxygen atoms in total. The highest BCUT2D eigenvalue weighted by atomic mass is 16.5. The number of aliphatic carboxylic acids is 1. The minimum Gasteiger partial charge on any atom is -0.480 e. The van der Waals surface area contributed by atoms with E-state index in [4.69, 9.17) is 9.84 Å². The number of nitrogens with one attached hydrogen (secondary N) is 1. The number of hydrogen-bond donors (Lipinski definition) is 2. The largest absolute Gasteiger partial charge is 0.480 e. The Bertz CT molecular complexity index is 231. The van der Waals surface area contributed by atoms with Gasteiger partial charge in [0.05, 0.1) is 0 Å². The van der Waals surface area contributed by atoms with Gasteiger partial charge in [-0.15, -0.1) is 0 Å². The Morgan fingerprint density at radius 3 is 2.53 bits per heavy atom. The Morgan fingerprint density at radius 1 is 1.29 bits per heavy atom. The molecule has 1 unspecified atom stereocenters. The highest BCUT2D eigenvalue weighted by Gasteiger charge is 2.18. The average Bonchev–Trinajstić information content (AvgIpc) is 2.29. The maximum absolute atomic E-state index is 11.5. The molecule has 1 amide bonds. The fourth-order valence-electron chi connectivity index (χ4n) is 1.47. The summed E-state index contributed by atoms with van der Waals surface area (Å²) in [7, 11) is 1.51. The lowest BCUT2D eigenvalue weighted by atomic mass is 10.1. The van der Waals surface area contributed by atoms with E-state index in [-0.39, 0.29) is 5.91 Å². The Balaban J connectivity index is 3.83. The number of hydrogen-bond acceptors (Lipinski definition) is 3. The van der Waals surface area contributed by atoms with E-state index in [0.717, 1.165) is 25.7 Å². The van der Waals surface area contributed by atoms with Crippen LogP contribution in [-0.2, 0) is 14.3 Å². The molecule has 0 radical (unpaired) electrons. The second kappa shape index (κ2) is 10.1. The highest BCUT2D eigenvalue weighted by Crippen LogP contribution is 2.03. The second-order valence-electron chi connectivity index (χ2n) is 4.05. The normalized spacial score (nSPS) is 12.1. The molecule has 5 heteroatoms. The number of rotatable bonds is 10. The zero-order valence-electron chi connectivity index (χ0n) is 10.7. The van der Waals surface area contributed by atoms with Crippen molar-refractivity contribution in [3.8, 4) is 0 Å². The number of methoxy groups -OCH3 is 1. The fraction of sp³-hybridized carbons (Fsp3) is 0.833. The van der Waals surface area contributed by atoms with Crippen molar-refractivity contribution in [2.45, 2.75) is 51.5 Å². The second-order valence-corrected chi connectivity index (χ2v) is 4.05. The van der Waals surface area contributed by atoms with Gasteiger partial charge in [0.15, 0.2) is 0 Å². The van der Waals surface area contributed by atoms with Crippen molar-refractivity contribution in [1.82, 2.24) is 5.32 Å². The minimum absolute atomic E-state index is 0.190. The molecule has 0 heterocycles. The fourth-order valence-corrected chi connectivity index (χ4v) is 1.47.